The molecule has 1 saturated carbocycles. The lowest BCUT2D eigenvalue weighted by Gasteiger charge is -2.55. The molecule has 0 aliphatic heterocycles. The summed E-state index contributed by atoms with van der Waals surface area (Å²) in [5.74, 6) is -10.3. The number of likely N-dealkylation sites (N-methyl/N-ethyl adjacent to an activating group) is 1. The Bertz CT molecular complexity index is 1190. The van der Waals surface area contributed by atoms with Crippen molar-refractivity contribution in [3.63, 3.8) is 0 Å². The first-order valence-electron chi connectivity index (χ1n) is 9.87. The quantitative estimate of drug-likeness (QED) is 0.169. The fourth-order valence-electron chi connectivity index (χ4n) is 5.38. The molecule has 0 unspecified atom stereocenters. The van der Waals surface area contributed by atoms with Crippen LogP contribution in [0, 0.1) is 11.8 Å². The monoisotopic (exact) mass is 461 g/mol. The standard InChI is InChI=1S/C21H23N3O9/c1-24(2)13-12-16(28)11-9(14(26)8-6(21(11,23)33)4-3-5-7(8)25)17(29)20(12,32)18(30)10(15(13)27)19(22)31/h3-5,11-13,16,25-26,28,30,32-33H,23H2,1-2H3,(H2,22,31)/t11-,12-,13+,16+,20+,21+/m1/s1. The molecule has 1 fully saturated rings. The van der Waals surface area contributed by atoms with Crippen molar-refractivity contribution in [2.24, 2.45) is 23.3 Å². The molecule has 4 rings (SSSR count). The molecule has 12 nitrogen and oxygen atoms in total. The van der Waals surface area contributed by atoms with Gasteiger partial charge < -0.3 is 36.4 Å². The maximum Gasteiger partial charge on any atom is 0.255 e. The largest absolute Gasteiger partial charge is 0.508 e. The average molecular weight is 461 g/mol. The number of primary amides is 1. The van der Waals surface area contributed by atoms with Gasteiger partial charge in [0.25, 0.3) is 5.91 Å². The van der Waals surface area contributed by atoms with Crippen molar-refractivity contribution in [1.82, 2.24) is 4.90 Å². The summed E-state index contributed by atoms with van der Waals surface area (Å²) in [5, 5.41) is 65.8. The Kier molecular flexibility index (Phi) is 4.75. The minimum absolute atomic E-state index is 0.216. The number of phenolic OH excluding ortho intramolecular Hbond substituents is 1. The Labute approximate surface area is 186 Å². The van der Waals surface area contributed by atoms with E-state index >= 15 is 0 Å². The molecule has 1 amide bonds. The fraction of sp³-hybridized carbons (Fsp3) is 0.381. The molecule has 0 saturated heterocycles. The third-order valence-corrected chi connectivity index (χ3v) is 6.79. The molecule has 0 bridgehead atoms. The van der Waals surface area contributed by atoms with E-state index in [4.69, 9.17) is 11.5 Å². The first kappa shape index (κ1) is 22.9. The lowest BCUT2D eigenvalue weighted by atomic mass is 9.54. The van der Waals surface area contributed by atoms with Crippen molar-refractivity contribution in [2.75, 3.05) is 14.1 Å². The van der Waals surface area contributed by atoms with E-state index in [-0.39, 0.29) is 5.56 Å². The second-order valence-electron chi connectivity index (χ2n) is 8.74. The maximum absolute atomic E-state index is 13.6. The number of hydrogen-bond donors (Lipinski definition) is 8. The van der Waals surface area contributed by atoms with Crippen molar-refractivity contribution in [1.29, 1.82) is 0 Å². The normalized spacial score (nSPS) is 36.0. The predicted octanol–water partition coefficient (Wildman–Crippen LogP) is -2.50. The summed E-state index contributed by atoms with van der Waals surface area (Å²) in [7, 11) is 2.74. The van der Waals surface area contributed by atoms with Gasteiger partial charge in [-0.2, -0.15) is 0 Å². The summed E-state index contributed by atoms with van der Waals surface area (Å²) >= 11 is 0. The van der Waals surface area contributed by atoms with Gasteiger partial charge >= 0.3 is 0 Å². The first-order valence-corrected chi connectivity index (χ1v) is 9.87. The van der Waals surface area contributed by atoms with E-state index in [0.29, 0.717) is 0 Å². The van der Waals surface area contributed by atoms with Crippen molar-refractivity contribution in [2.45, 2.75) is 23.5 Å². The average Bonchev–Trinajstić information content (AvgIpc) is 2.70. The molecule has 10 N–H and O–H groups in total. The van der Waals surface area contributed by atoms with E-state index < -0.39 is 86.8 Å². The highest BCUT2D eigenvalue weighted by atomic mass is 16.4. The van der Waals surface area contributed by atoms with E-state index in [0.717, 1.165) is 6.07 Å². The van der Waals surface area contributed by atoms with Crippen LogP contribution in [0.1, 0.15) is 11.1 Å². The zero-order valence-corrected chi connectivity index (χ0v) is 17.6. The lowest BCUT2D eigenvalue weighted by molar-refractivity contribution is -0.183. The molecule has 0 heterocycles. The van der Waals surface area contributed by atoms with Crippen LogP contribution in [-0.2, 0) is 20.1 Å². The highest BCUT2D eigenvalue weighted by Gasteiger charge is 2.70. The van der Waals surface area contributed by atoms with E-state index in [1.807, 2.05) is 0 Å². The topological polar surface area (TPSA) is 228 Å². The number of aliphatic hydroxyl groups excluding tert-OH is 3. The second kappa shape index (κ2) is 6.85. The van der Waals surface area contributed by atoms with Crippen molar-refractivity contribution in [3.8, 4) is 5.75 Å². The van der Waals surface area contributed by atoms with Gasteiger partial charge in [0.2, 0.25) is 5.78 Å². The molecule has 1 aromatic carbocycles. The fourth-order valence-corrected chi connectivity index (χ4v) is 5.38. The zero-order chi connectivity index (χ0) is 24.8. The number of Topliss-reactive ketones (excluding diaryl/α,β-unsaturated/α-hetero) is 2. The SMILES string of the molecule is CN(C)[C@@H]1C(=O)C(C(N)=O)=C(O)[C@@]2(O)C(=O)C3=C(O)c4c(O)cccc4[C@](N)(O)[C@H]3[C@H](O)[C@@H]12. The van der Waals surface area contributed by atoms with Crippen LogP contribution in [0.4, 0.5) is 0 Å². The molecular weight excluding hydrogens is 438 g/mol. The van der Waals surface area contributed by atoms with Gasteiger partial charge in [-0.15, -0.1) is 0 Å². The van der Waals surface area contributed by atoms with E-state index in [1.54, 1.807) is 0 Å². The molecular formula is C21H23N3O9. The molecule has 12 heteroatoms. The Morgan fingerprint density at radius 2 is 1.73 bits per heavy atom. The molecule has 3 aliphatic carbocycles. The summed E-state index contributed by atoms with van der Waals surface area (Å²) in [5.41, 5.74) is 3.26. The molecule has 0 spiro atoms. The molecule has 33 heavy (non-hydrogen) atoms. The molecule has 0 radical (unpaired) electrons. The number of benzene rings is 1. The first-order chi connectivity index (χ1) is 15.2. The zero-order valence-electron chi connectivity index (χ0n) is 17.6. The number of aliphatic hydroxyl groups is 5. The van der Waals surface area contributed by atoms with Crippen molar-refractivity contribution >= 4 is 23.2 Å². The summed E-state index contributed by atoms with van der Waals surface area (Å²) in [4.78, 5) is 39.8. The summed E-state index contributed by atoms with van der Waals surface area (Å²) in [6, 6.07) is 2.19. The highest BCUT2D eigenvalue weighted by molar-refractivity contribution is 6.24. The van der Waals surface area contributed by atoms with Crippen LogP contribution in [0.3, 0.4) is 0 Å². The predicted molar refractivity (Wildman–Crippen MR) is 110 cm³/mol. The minimum Gasteiger partial charge on any atom is -0.508 e. The lowest BCUT2D eigenvalue weighted by Crippen LogP contribution is -2.72. The Morgan fingerprint density at radius 3 is 2.27 bits per heavy atom. The van der Waals surface area contributed by atoms with E-state index in [2.05, 4.69) is 0 Å². The van der Waals surface area contributed by atoms with Crippen LogP contribution in [-0.4, -0.2) is 84.9 Å². The number of carbonyl (C=O) groups excluding carboxylic acids is 3. The number of nitrogens with zero attached hydrogens (tertiary/aromatic N) is 1. The van der Waals surface area contributed by atoms with Crippen LogP contribution < -0.4 is 11.5 Å². The summed E-state index contributed by atoms with van der Waals surface area (Å²) in [6.07, 6.45) is -2.00. The van der Waals surface area contributed by atoms with Crippen LogP contribution >= 0.6 is 0 Å². The van der Waals surface area contributed by atoms with Crippen LogP contribution in [0.2, 0.25) is 0 Å². The number of hydrogen-bond acceptors (Lipinski definition) is 11. The van der Waals surface area contributed by atoms with Crippen molar-refractivity contribution in [3.05, 3.63) is 46.2 Å². The minimum atomic E-state index is -3.08. The number of rotatable bonds is 2. The maximum atomic E-state index is 13.6. The number of phenols is 1. The number of ketones is 2. The highest BCUT2D eigenvalue weighted by Crippen LogP contribution is 2.55. The van der Waals surface area contributed by atoms with Gasteiger partial charge in [0, 0.05) is 5.56 Å². The Hall–Kier alpha value is -3.29. The number of carbonyl (C=O) groups is 3. The number of nitrogens with two attached hydrogens (primary N) is 2. The van der Waals surface area contributed by atoms with E-state index in [9.17, 15) is 45.0 Å². The summed E-state index contributed by atoms with van der Waals surface area (Å²) in [6.45, 7) is 0. The van der Waals surface area contributed by atoms with Crippen LogP contribution in [0.5, 0.6) is 5.75 Å². The number of aromatic hydroxyl groups is 1. The van der Waals surface area contributed by atoms with E-state index in [1.165, 1.54) is 31.1 Å². The van der Waals surface area contributed by atoms with Gasteiger partial charge in [-0.1, -0.05) is 12.1 Å². The molecule has 0 aromatic heterocycles. The third-order valence-electron chi connectivity index (χ3n) is 6.79. The molecule has 3 aliphatic rings. The van der Waals surface area contributed by atoms with Crippen LogP contribution in [0.25, 0.3) is 5.76 Å². The Balaban J connectivity index is 2.11. The third kappa shape index (κ3) is 2.60. The second-order valence-corrected chi connectivity index (χ2v) is 8.74. The van der Waals surface area contributed by atoms with Gasteiger partial charge in [-0.25, -0.2) is 0 Å². The van der Waals surface area contributed by atoms with Gasteiger partial charge in [0.05, 0.1) is 35.1 Å². The van der Waals surface area contributed by atoms with Gasteiger partial charge in [-0.05, 0) is 20.2 Å². The van der Waals surface area contributed by atoms with Crippen molar-refractivity contribution < 1.29 is 45.0 Å². The van der Waals surface area contributed by atoms with Crippen LogP contribution in [0.15, 0.2) is 35.1 Å². The molecule has 6 atom stereocenters. The number of fused-ring (bicyclic) bond motifs is 3. The van der Waals surface area contributed by atoms with Gasteiger partial charge in [0.1, 0.15) is 28.6 Å². The Morgan fingerprint density at radius 1 is 1.12 bits per heavy atom. The van der Waals surface area contributed by atoms with Gasteiger partial charge in [0.15, 0.2) is 11.4 Å². The molecule has 176 valence electrons. The molecule has 1 aromatic rings. The number of amides is 1. The van der Waals surface area contributed by atoms with Gasteiger partial charge in [-0.3, -0.25) is 25.0 Å². The summed E-state index contributed by atoms with van der Waals surface area (Å²) < 4.78 is 0. The smallest absolute Gasteiger partial charge is 0.255 e.